The molecule has 0 spiro atoms. The van der Waals surface area contributed by atoms with Gasteiger partial charge < -0.3 is 10.1 Å². The lowest BCUT2D eigenvalue weighted by Crippen LogP contribution is -2.28. The van der Waals surface area contributed by atoms with E-state index in [-0.39, 0.29) is 5.91 Å². The Labute approximate surface area is 119 Å². The second-order valence-corrected chi connectivity index (χ2v) is 4.72. The van der Waals surface area contributed by atoms with Crippen LogP contribution in [0, 0.1) is 13.8 Å². The Hall–Kier alpha value is -2.29. The molecular weight excluding hydrogens is 250 g/mol. The van der Waals surface area contributed by atoms with Crippen molar-refractivity contribution in [3.8, 4) is 5.75 Å². The number of ether oxygens (including phenoxy) is 1. The molecule has 2 rings (SSSR count). The Kier molecular flexibility index (Phi) is 4.77. The van der Waals surface area contributed by atoms with Gasteiger partial charge in [-0.25, -0.2) is 0 Å². The van der Waals surface area contributed by atoms with Crippen LogP contribution in [0.3, 0.4) is 0 Å². The monoisotopic (exact) mass is 269 g/mol. The molecule has 104 valence electrons. The van der Waals surface area contributed by atoms with E-state index in [1.165, 1.54) is 11.1 Å². The maximum atomic E-state index is 11.8. The third-order valence-corrected chi connectivity index (χ3v) is 3.17. The molecule has 0 atom stereocenters. The Morgan fingerprint density at radius 1 is 1.05 bits per heavy atom. The van der Waals surface area contributed by atoms with E-state index in [4.69, 9.17) is 4.74 Å². The molecule has 2 aromatic rings. The van der Waals surface area contributed by atoms with Crippen LogP contribution in [0.25, 0.3) is 0 Å². The van der Waals surface area contributed by atoms with Crippen LogP contribution in [0.2, 0.25) is 0 Å². The Balaban J connectivity index is 1.76. The van der Waals surface area contributed by atoms with Gasteiger partial charge in [0.15, 0.2) is 0 Å². The highest BCUT2D eigenvalue weighted by Gasteiger charge is 2.03. The molecule has 0 radical (unpaired) electrons. The summed E-state index contributed by atoms with van der Waals surface area (Å²) in [5, 5.41) is 2.83. The third kappa shape index (κ3) is 3.85. The summed E-state index contributed by atoms with van der Waals surface area (Å²) in [4.78, 5) is 11.8. The van der Waals surface area contributed by atoms with Crippen LogP contribution in [-0.4, -0.2) is 19.1 Å². The molecule has 2 aromatic carbocycles. The molecular formula is C17H19NO2. The fraction of sp³-hybridized carbons (Fsp3) is 0.235. The van der Waals surface area contributed by atoms with Crippen LogP contribution < -0.4 is 10.1 Å². The van der Waals surface area contributed by atoms with Crippen molar-refractivity contribution in [3.05, 3.63) is 65.2 Å². The van der Waals surface area contributed by atoms with Gasteiger partial charge in [0, 0.05) is 5.56 Å². The van der Waals surface area contributed by atoms with E-state index in [0.29, 0.717) is 18.7 Å². The molecule has 3 nitrogen and oxygen atoms in total. The number of carbonyl (C=O) groups excluding carboxylic acids is 1. The standard InChI is InChI=1S/C17H19NO2/c1-13-8-9-16(12-14(13)2)20-11-10-18-17(19)15-6-4-3-5-7-15/h3-9,12H,10-11H2,1-2H3,(H,18,19). The molecule has 0 heterocycles. The molecule has 0 bridgehead atoms. The highest BCUT2D eigenvalue weighted by molar-refractivity contribution is 5.94. The van der Waals surface area contributed by atoms with Crippen LogP contribution in [0.4, 0.5) is 0 Å². The van der Waals surface area contributed by atoms with Crippen LogP contribution in [0.5, 0.6) is 5.75 Å². The Morgan fingerprint density at radius 3 is 2.50 bits per heavy atom. The van der Waals surface area contributed by atoms with E-state index in [1.807, 2.05) is 36.4 Å². The summed E-state index contributed by atoms with van der Waals surface area (Å²) in [5.74, 6) is 0.761. The van der Waals surface area contributed by atoms with Crippen molar-refractivity contribution in [2.24, 2.45) is 0 Å². The summed E-state index contributed by atoms with van der Waals surface area (Å²) in [7, 11) is 0. The van der Waals surface area contributed by atoms with E-state index in [2.05, 4.69) is 19.2 Å². The van der Waals surface area contributed by atoms with Gasteiger partial charge in [-0.3, -0.25) is 4.79 Å². The summed E-state index contributed by atoms with van der Waals surface area (Å²) in [6.07, 6.45) is 0. The first-order valence-electron chi connectivity index (χ1n) is 6.70. The summed E-state index contributed by atoms with van der Waals surface area (Å²) in [5.41, 5.74) is 3.12. The first-order valence-corrected chi connectivity index (χ1v) is 6.70. The molecule has 0 unspecified atom stereocenters. The van der Waals surface area contributed by atoms with Crippen molar-refractivity contribution in [3.63, 3.8) is 0 Å². The van der Waals surface area contributed by atoms with Gasteiger partial charge in [-0.1, -0.05) is 24.3 Å². The molecule has 0 aliphatic carbocycles. The van der Waals surface area contributed by atoms with Gasteiger partial charge >= 0.3 is 0 Å². The van der Waals surface area contributed by atoms with Crippen molar-refractivity contribution in [1.29, 1.82) is 0 Å². The zero-order valence-electron chi connectivity index (χ0n) is 11.8. The minimum Gasteiger partial charge on any atom is -0.492 e. The van der Waals surface area contributed by atoms with E-state index in [9.17, 15) is 4.79 Å². The topological polar surface area (TPSA) is 38.3 Å². The van der Waals surface area contributed by atoms with E-state index in [1.54, 1.807) is 12.1 Å². The predicted octanol–water partition coefficient (Wildman–Crippen LogP) is 3.11. The largest absolute Gasteiger partial charge is 0.492 e. The summed E-state index contributed by atoms with van der Waals surface area (Å²) in [6, 6.07) is 15.2. The minimum absolute atomic E-state index is 0.0747. The normalized spacial score (nSPS) is 10.1. The average molecular weight is 269 g/mol. The van der Waals surface area contributed by atoms with Gasteiger partial charge in [0.05, 0.1) is 6.54 Å². The molecule has 0 aliphatic rings. The summed E-state index contributed by atoms with van der Waals surface area (Å²) in [6.45, 7) is 5.07. The zero-order valence-corrected chi connectivity index (χ0v) is 11.8. The highest BCUT2D eigenvalue weighted by atomic mass is 16.5. The van der Waals surface area contributed by atoms with Crippen molar-refractivity contribution in [2.45, 2.75) is 13.8 Å². The smallest absolute Gasteiger partial charge is 0.251 e. The zero-order chi connectivity index (χ0) is 14.4. The van der Waals surface area contributed by atoms with E-state index in [0.717, 1.165) is 5.75 Å². The molecule has 1 N–H and O–H groups in total. The van der Waals surface area contributed by atoms with Crippen molar-refractivity contribution < 1.29 is 9.53 Å². The number of hydrogen-bond acceptors (Lipinski definition) is 2. The van der Waals surface area contributed by atoms with Crippen LogP contribution >= 0.6 is 0 Å². The quantitative estimate of drug-likeness (QED) is 0.847. The van der Waals surface area contributed by atoms with Crippen LogP contribution in [0.1, 0.15) is 21.5 Å². The van der Waals surface area contributed by atoms with Crippen molar-refractivity contribution >= 4 is 5.91 Å². The van der Waals surface area contributed by atoms with E-state index >= 15 is 0 Å². The van der Waals surface area contributed by atoms with Gasteiger partial charge in [-0.2, -0.15) is 0 Å². The van der Waals surface area contributed by atoms with Crippen molar-refractivity contribution in [2.75, 3.05) is 13.2 Å². The molecule has 0 aromatic heterocycles. The fourth-order valence-electron chi connectivity index (χ4n) is 1.83. The maximum Gasteiger partial charge on any atom is 0.251 e. The predicted molar refractivity (Wildman–Crippen MR) is 80.2 cm³/mol. The number of nitrogens with one attached hydrogen (secondary N) is 1. The lowest BCUT2D eigenvalue weighted by Gasteiger charge is -2.09. The highest BCUT2D eigenvalue weighted by Crippen LogP contribution is 2.16. The number of benzene rings is 2. The minimum atomic E-state index is -0.0747. The van der Waals surface area contributed by atoms with Crippen LogP contribution in [-0.2, 0) is 0 Å². The average Bonchev–Trinajstić information content (AvgIpc) is 2.48. The molecule has 1 amide bonds. The van der Waals surface area contributed by atoms with Crippen LogP contribution in [0.15, 0.2) is 48.5 Å². The molecule has 20 heavy (non-hydrogen) atoms. The Morgan fingerprint density at radius 2 is 1.80 bits per heavy atom. The van der Waals surface area contributed by atoms with Gasteiger partial charge in [0.25, 0.3) is 5.91 Å². The Bertz CT molecular complexity index is 579. The fourth-order valence-corrected chi connectivity index (χ4v) is 1.83. The summed E-state index contributed by atoms with van der Waals surface area (Å²) < 4.78 is 5.61. The third-order valence-electron chi connectivity index (χ3n) is 3.17. The van der Waals surface area contributed by atoms with Gasteiger partial charge in [-0.05, 0) is 49.2 Å². The molecule has 0 aliphatic heterocycles. The molecule has 0 fully saturated rings. The second-order valence-electron chi connectivity index (χ2n) is 4.72. The number of carbonyl (C=O) groups is 1. The maximum absolute atomic E-state index is 11.8. The number of amides is 1. The first-order chi connectivity index (χ1) is 9.66. The van der Waals surface area contributed by atoms with Gasteiger partial charge in [-0.15, -0.1) is 0 Å². The first kappa shape index (κ1) is 14.1. The summed E-state index contributed by atoms with van der Waals surface area (Å²) >= 11 is 0. The van der Waals surface area contributed by atoms with Crippen molar-refractivity contribution in [1.82, 2.24) is 5.32 Å². The lowest BCUT2D eigenvalue weighted by atomic mass is 10.1. The van der Waals surface area contributed by atoms with Gasteiger partial charge in [0.2, 0.25) is 0 Å². The molecule has 0 saturated carbocycles. The number of aryl methyl sites for hydroxylation is 2. The van der Waals surface area contributed by atoms with Gasteiger partial charge in [0.1, 0.15) is 12.4 Å². The lowest BCUT2D eigenvalue weighted by molar-refractivity contribution is 0.0947. The molecule has 0 saturated heterocycles. The van der Waals surface area contributed by atoms with E-state index < -0.39 is 0 Å². The molecule has 3 heteroatoms. The number of hydrogen-bond donors (Lipinski definition) is 1. The number of rotatable bonds is 5. The second kappa shape index (κ2) is 6.75. The SMILES string of the molecule is Cc1ccc(OCCNC(=O)c2ccccc2)cc1C.